The van der Waals surface area contributed by atoms with Crippen LogP contribution in [0.1, 0.15) is 11.1 Å². The molecule has 2 aromatic heterocycles. The average Bonchev–Trinajstić information content (AvgIpc) is 2.65. The predicted octanol–water partition coefficient (Wildman–Crippen LogP) is 4.64. The molecule has 28 heavy (non-hydrogen) atoms. The Hall–Kier alpha value is -2.51. The van der Waals surface area contributed by atoms with E-state index in [9.17, 15) is 0 Å². The third-order valence-corrected chi connectivity index (χ3v) is 4.70. The molecular formula is C21H25BrN6. The number of nitrogens with zero attached hydrogens (tertiary/aromatic N) is 4. The van der Waals surface area contributed by atoms with Crippen molar-refractivity contribution in [1.82, 2.24) is 19.9 Å². The largest absolute Gasteiger partial charge is 0.353 e. The molecule has 3 aromatic rings. The first-order valence-electron chi connectivity index (χ1n) is 9.15. The number of hydrogen-bond acceptors (Lipinski definition) is 6. The first kappa shape index (κ1) is 20.2. The van der Waals surface area contributed by atoms with Crippen molar-refractivity contribution in [3.63, 3.8) is 0 Å². The third-order valence-electron chi connectivity index (χ3n) is 4.25. The molecule has 0 amide bonds. The summed E-state index contributed by atoms with van der Waals surface area (Å²) in [7, 11) is 4.08. The molecule has 0 spiro atoms. The van der Waals surface area contributed by atoms with E-state index >= 15 is 0 Å². The molecule has 1 aromatic carbocycles. The zero-order valence-corrected chi connectivity index (χ0v) is 18.2. The van der Waals surface area contributed by atoms with Gasteiger partial charge in [0.1, 0.15) is 5.82 Å². The van der Waals surface area contributed by atoms with Crippen LogP contribution in [-0.2, 0) is 0 Å². The van der Waals surface area contributed by atoms with E-state index in [1.807, 2.05) is 38.4 Å². The molecule has 0 bridgehead atoms. The molecule has 0 aliphatic carbocycles. The van der Waals surface area contributed by atoms with Crippen molar-refractivity contribution < 1.29 is 0 Å². The van der Waals surface area contributed by atoms with Gasteiger partial charge in [-0.1, -0.05) is 22.0 Å². The fourth-order valence-electron chi connectivity index (χ4n) is 2.86. The van der Waals surface area contributed by atoms with Gasteiger partial charge < -0.3 is 15.5 Å². The maximum absolute atomic E-state index is 4.66. The summed E-state index contributed by atoms with van der Waals surface area (Å²) < 4.78 is 1.07. The van der Waals surface area contributed by atoms with Crippen LogP contribution in [0, 0.1) is 13.8 Å². The van der Waals surface area contributed by atoms with Gasteiger partial charge in [-0.05, 0) is 63.3 Å². The fourth-order valence-corrected chi connectivity index (χ4v) is 3.55. The Balaban J connectivity index is 1.95. The molecule has 2 N–H and O–H groups in total. The van der Waals surface area contributed by atoms with Gasteiger partial charge in [0.05, 0.1) is 11.4 Å². The number of hydrogen-bond donors (Lipinski definition) is 2. The molecule has 6 nitrogen and oxygen atoms in total. The first-order chi connectivity index (χ1) is 13.4. The second kappa shape index (κ2) is 9.12. The number of rotatable bonds is 7. The van der Waals surface area contributed by atoms with Crippen LogP contribution in [0.2, 0.25) is 0 Å². The van der Waals surface area contributed by atoms with Crippen molar-refractivity contribution in [2.45, 2.75) is 13.8 Å². The molecule has 0 saturated heterocycles. The van der Waals surface area contributed by atoms with Crippen molar-refractivity contribution in [2.75, 3.05) is 37.8 Å². The highest BCUT2D eigenvalue weighted by atomic mass is 79.9. The van der Waals surface area contributed by atoms with Crippen molar-refractivity contribution in [2.24, 2.45) is 0 Å². The van der Waals surface area contributed by atoms with E-state index in [1.54, 1.807) is 6.20 Å². The lowest BCUT2D eigenvalue weighted by atomic mass is 10.1. The molecule has 0 unspecified atom stereocenters. The van der Waals surface area contributed by atoms with Gasteiger partial charge in [0, 0.05) is 35.5 Å². The molecule has 0 saturated carbocycles. The van der Waals surface area contributed by atoms with Crippen LogP contribution >= 0.6 is 15.9 Å². The summed E-state index contributed by atoms with van der Waals surface area (Å²) in [6.45, 7) is 5.81. The highest BCUT2D eigenvalue weighted by molar-refractivity contribution is 9.10. The second-order valence-corrected chi connectivity index (χ2v) is 7.86. The number of benzene rings is 1. The number of pyridine rings is 1. The Bertz CT molecular complexity index is 920. The van der Waals surface area contributed by atoms with Gasteiger partial charge in [-0.25, -0.2) is 4.98 Å². The highest BCUT2D eigenvalue weighted by Gasteiger charge is 2.11. The van der Waals surface area contributed by atoms with Crippen LogP contribution in [0.5, 0.6) is 0 Å². The lowest BCUT2D eigenvalue weighted by molar-refractivity contribution is 0.425. The fraction of sp³-hybridized carbons (Fsp3) is 0.286. The lowest BCUT2D eigenvalue weighted by Crippen LogP contribution is -2.21. The molecule has 3 rings (SSSR count). The number of halogens is 1. The Morgan fingerprint density at radius 3 is 2.39 bits per heavy atom. The lowest BCUT2D eigenvalue weighted by Gasteiger charge is -2.15. The zero-order valence-electron chi connectivity index (χ0n) is 16.6. The molecule has 7 heteroatoms. The summed E-state index contributed by atoms with van der Waals surface area (Å²) in [5, 5.41) is 6.78. The maximum atomic E-state index is 4.66. The number of aromatic nitrogens is 3. The molecule has 0 fully saturated rings. The van der Waals surface area contributed by atoms with Crippen LogP contribution in [0.4, 0.5) is 17.5 Å². The van der Waals surface area contributed by atoms with Gasteiger partial charge in [0.25, 0.3) is 0 Å². The second-order valence-electron chi connectivity index (χ2n) is 6.95. The molecular weight excluding hydrogens is 416 g/mol. The Labute approximate surface area is 174 Å². The molecule has 2 heterocycles. The Kier molecular flexibility index (Phi) is 6.59. The van der Waals surface area contributed by atoms with Gasteiger partial charge in [0.15, 0.2) is 0 Å². The molecule has 0 atom stereocenters. The summed E-state index contributed by atoms with van der Waals surface area (Å²) in [4.78, 5) is 15.9. The van der Waals surface area contributed by atoms with Gasteiger partial charge in [-0.15, -0.1) is 0 Å². The topological polar surface area (TPSA) is 66.0 Å². The Morgan fingerprint density at radius 1 is 1.00 bits per heavy atom. The zero-order chi connectivity index (χ0) is 20.1. The normalized spacial score (nSPS) is 10.9. The SMILES string of the molecule is Cc1cc(Br)cc(C)c1Nc1cc(-c2ccccn2)nc(NCCN(C)C)n1. The van der Waals surface area contributed by atoms with E-state index in [1.165, 1.54) is 0 Å². The molecule has 0 aliphatic rings. The summed E-state index contributed by atoms with van der Waals surface area (Å²) in [5.41, 5.74) is 4.93. The first-order valence-corrected chi connectivity index (χ1v) is 9.94. The molecule has 0 aliphatic heterocycles. The van der Waals surface area contributed by atoms with Crippen LogP contribution in [0.25, 0.3) is 11.4 Å². The van der Waals surface area contributed by atoms with E-state index < -0.39 is 0 Å². The van der Waals surface area contributed by atoms with E-state index in [0.29, 0.717) is 5.95 Å². The minimum absolute atomic E-state index is 0.583. The molecule has 146 valence electrons. The monoisotopic (exact) mass is 440 g/mol. The number of nitrogens with one attached hydrogen (secondary N) is 2. The number of anilines is 3. The van der Waals surface area contributed by atoms with E-state index in [4.69, 9.17) is 0 Å². The van der Waals surface area contributed by atoms with Crippen LogP contribution in [-0.4, -0.2) is 47.0 Å². The summed E-state index contributed by atoms with van der Waals surface area (Å²) in [5.74, 6) is 1.32. The standard InChI is InChI=1S/C21H25BrN6/c1-14-11-16(22)12-15(2)20(14)26-19-13-18(17-7-5-6-8-23-17)25-21(27-19)24-9-10-28(3)4/h5-8,11-13H,9-10H2,1-4H3,(H2,24,25,26,27). The van der Waals surface area contributed by atoms with Crippen LogP contribution in [0.15, 0.2) is 47.1 Å². The quantitative estimate of drug-likeness (QED) is 0.557. The van der Waals surface area contributed by atoms with Gasteiger partial charge in [0.2, 0.25) is 5.95 Å². The Morgan fingerprint density at radius 2 is 1.75 bits per heavy atom. The minimum Gasteiger partial charge on any atom is -0.353 e. The summed E-state index contributed by atoms with van der Waals surface area (Å²) >= 11 is 3.55. The number of likely N-dealkylation sites (N-methyl/N-ethyl adjacent to an activating group) is 1. The van der Waals surface area contributed by atoms with Gasteiger partial charge >= 0.3 is 0 Å². The van der Waals surface area contributed by atoms with Crippen LogP contribution in [0.3, 0.4) is 0 Å². The number of aryl methyl sites for hydroxylation is 2. The molecule has 0 radical (unpaired) electrons. The third kappa shape index (κ3) is 5.27. The van der Waals surface area contributed by atoms with Gasteiger partial charge in [-0.2, -0.15) is 4.98 Å². The minimum atomic E-state index is 0.583. The van der Waals surface area contributed by atoms with E-state index in [0.717, 1.165) is 51.6 Å². The van der Waals surface area contributed by atoms with Crippen molar-refractivity contribution in [3.05, 3.63) is 58.2 Å². The van der Waals surface area contributed by atoms with Crippen molar-refractivity contribution in [1.29, 1.82) is 0 Å². The summed E-state index contributed by atoms with van der Waals surface area (Å²) in [6, 6.07) is 11.9. The van der Waals surface area contributed by atoms with Gasteiger partial charge in [-0.3, -0.25) is 4.98 Å². The van der Waals surface area contributed by atoms with Crippen LogP contribution < -0.4 is 10.6 Å². The van der Waals surface area contributed by atoms with Crippen molar-refractivity contribution >= 4 is 33.4 Å². The van der Waals surface area contributed by atoms with Crippen molar-refractivity contribution in [3.8, 4) is 11.4 Å². The average molecular weight is 441 g/mol. The van der Waals surface area contributed by atoms with E-state index in [2.05, 4.69) is 72.4 Å². The highest BCUT2D eigenvalue weighted by Crippen LogP contribution is 2.29. The smallest absolute Gasteiger partial charge is 0.225 e. The summed E-state index contributed by atoms with van der Waals surface area (Å²) in [6.07, 6.45) is 1.77. The van der Waals surface area contributed by atoms with E-state index in [-0.39, 0.29) is 0 Å². The maximum Gasteiger partial charge on any atom is 0.225 e. The predicted molar refractivity (Wildman–Crippen MR) is 119 cm³/mol.